The van der Waals surface area contributed by atoms with Crippen LogP contribution in [0.3, 0.4) is 0 Å². The van der Waals surface area contributed by atoms with Crippen molar-refractivity contribution in [1.29, 1.82) is 0 Å². The number of carbonyl (C=O) groups is 1. The summed E-state index contributed by atoms with van der Waals surface area (Å²) >= 11 is 6.16. The van der Waals surface area contributed by atoms with E-state index in [1.165, 1.54) is 6.42 Å². The topological polar surface area (TPSA) is 61.9 Å². The van der Waals surface area contributed by atoms with Crippen molar-refractivity contribution in [3.63, 3.8) is 0 Å². The molecule has 1 saturated heterocycles. The first-order valence-electron chi connectivity index (χ1n) is 7.12. The largest absolute Gasteiger partial charge is 0.337 e. The third kappa shape index (κ3) is 2.93. The highest BCUT2D eigenvalue weighted by atomic mass is 35.5. The number of H-pyrrole nitrogens is 1. The van der Waals surface area contributed by atoms with E-state index in [-0.39, 0.29) is 5.91 Å². The number of aryl methyl sites for hydroxylation is 1. The van der Waals surface area contributed by atoms with Gasteiger partial charge in [0.1, 0.15) is 5.69 Å². The van der Waals surface area contributed by atoms with E-state index in [2.05, 4.69) is 15.2 Å². The molecule has 1 aliphatic heterocycles. The third-order valence-electron chi connectivity index (χ3n) is 3.72. The van der Waals surface area contributed by atoms with Gasteiger partial charge in [-0.15, -0.1) is 0 Å². The molecule has 0 spiro atoms. The molecule has 0 saturated carbocycles. The van der Waals surface area contributed by atoms with Crippen molar-refractivity contribution in [1.82, 2.24) is 20.1 Å². The summed E-state index contributed by atoms with van der Waals surface area (Å²) in [6.07, 6.45) is 4.95. The molecule has 0 atom stereocenters. The van der Waals surface area contributed by atoms with Crippen molar-refractivity contribution in [2.75, 3.05) is 13.1 Å². The highest BCUT2D eigenvalue weighted by Crippen LogP contribution is 2.27. The van der Waals surface area contributed by atoms with Gasteiger partial charge in [0.15, 0.2) is 0 Å². The lowest BCUT2D eigenvalue weighted by molar-refractivity contribution is 0.0718. The van der Waals surface area contributed by atoms with E-state index in [4.69, 9.17) is 11.6 Å². The number of nitrogens with zero attached hydrogens (tertiary/aromatic N) is 3. The van der Waals surface area contributed by atoms with Gasteiger partial charge in [-0.1, -0.05) is 11.6 Å². The summed E-state index contributed by atoms with van der Waals surface area (Å²) in [5.74, 6) is 0.00958. The van der Waals surface area contributed by atoms with Crippen molar-refractivity contribution >= 4 is 17.5 Å². The summed E-state index contributed by atoms with van der Waals surface area (Å²) in [5, 5.41) is 7.58. The normalized spacial score (nSPS) is 15.2. The molecule has 0 aromatic carbocycles. The molecule has 6 heteroatoms. The Balaban J connectivity index is 1.85. The number of pyridine rings is 1. The molecule has 1 amide bonds. The van der Waals surface area contributed by atoms with E-state index in [1.807, 2.05) is 17.9 Å². The van der Waals surface area contributed by atoms with Gasteiger partial charge in [0.2, 0.25) is 0 Å². The molecule has 1 fully saturated rings. The Labute approximate surface area is 128 Å². The van der Waals surface area contributed by atoms with Gasteiger partial charge >= 0.3 is 0 Å². The smallest absolute Gasteiger partial charge is 0.271 e. The van der Waals surface area contributed by atoms with Crippen molar-refractivity contribution in [3.8, 4) is 11.3 Å². The van der Waals surface area contributed by atoms with Crippen LogP contribution in [0, 0.1) is 6.92 Å². The van der Waals surface area contributed by atoms with E-state index in [0.29, 0.717) is 16.4 Å². The molecule has 1 N–H and O–H groups in total. The number of aromatic nitrogens is 3. The predicted octanol–water partition coefficient (Wildman–Crippen LogP) is 3.06. The molecule has 1 aliphatic rings. The molecular weight excluding hydrogens is 288 g/mol. The summed E-state index contributed by atoms with van der Waals surface area (Å²) in [6.45, 7) is 3.54. The van der Waals surface area contributed by atoms with Crippen molar-refractivity contribution in [2.45, 2.75) is 26.2 Å². The fraction of sp³-hybridized carbons (Fsp3) is 0.400. The number of amides is 1. The lowest BCUT2D eigenvalue weighted by Gasteiger charge is -2.25. The zero-order valence-electron chi connectivity index (χ0n) is 11.9. The second-order valence-corrected chi connectivity index (χ2v) is 5.73. The molecule has 2 aromatic rings. The highest BCUT2D eigenvalue weighted by Gasteiger charge is 2.20. The van der Waals surface area contributed by atoms with Gasteiger partial charge in [-0.3, -0.25) is 14.9 Å². The number of halogens is 1. The molecule has 0 aliphatic carbocycles. The molecule has 0 unspecified atom stereocenters. The van der Waals surface area contributed by atoms with Crippen LogP contribution in [0.5, 0.6) is 0 Å². The van der Waals surface area contributed by atoms with Gasteiger partial charge in [-0.25, -0.2) is 0 Å². The molecule has 0 radical (unpaired) electrons. The Bertz CT molecular complexity index is 661. The molecular formula is C15H17ClN4O. The Hall–Kier alpha value is -1.88. The fourth-order valence-electron chi connectivity index (χ4n) is 2.58. The number of hydrogen-bond acceptors (Lipinski definition) is 3. The van der Waals surface area contributed by atoms with Crippen LogP contribution >= 0.6 is 11.6 Å². The molecule has 0 bridgehead atoms. The van der Waals surface area contributed by atoms with Crippen LogP contribution in [0.1, 0.15) is 35.4 Å². The van der Waals surface area contributed by atoms with Gasteiger partial charge in [0, 0.05) is 30.5 Å². The maximum absolute atomic E-state index is 12.4. The van der Waals surface area contributed by atoms with Gasteiger partial charge in [0.25, 0.3) is 5.91 Å². The molecule has 2 aromatic heterocycles. The maximum Gasteiger partial charge on any atom is 0.271 e. The summed E-state index contributed by atoms with van der Waals surface area (Å²) in [5.41, 5.74) is 2.84. The quantitative estimate of drug-likeness (QED) is 0.927. The van der Waals surface area contributed by atoms with Gasteiger partial charge in [0.05, 0.1) is 10.7 Å². The minimum atomic E-state index is 0.00958. The van der Waals surface area contributed by atoms with Gasteiger partial charge in [-0.2, -0.15) is 5.10 Å². The van der Waals surface area contributed by atoms with E-state index >= 15 is 0 Å². The summed E-state index contributed by atoms with van der Waals surface area (Å²) < 4.78 is 0. The number of rotatable bonds is 2. The molecule has 5 nitrogen and oxygen atoms in total. The third-order valence-corrected chi connectivity index (χ3v) is 4.02. The Morgan fingerprint density at radius 1 is 1.29 bits per heavy atom. The summed E-state index contributed by atoms with van der Waals surface area (Å²) in [4.78, 5) is 18.4. The minimum Gasteiger partial charge on any atom is -0.337 e. The fourth-order valence-corrected chi connectivity index (χ4v) is 2.78. The predicted molar refractivity (Wildman–Crippen MR) is 81.3 cm³/mol. The van der Waals surface area contributed by atoms with Gasteiger partial charge < -0.3 is 4.90 Å². The number of piperidine rings is 1. The summed E-state index contributed by atoms with van der Waals surface area (Å²) in [7, 11) is 0. The summed E-state index contributed by atoms with van der Waals surface area (Å²) in [6, 6.07) is 3.63. The number of carbonyl (C=O) groups excluding carboxylic acids is 1. The number of hydrogen-bond donors (Lipinski definition) is 1. The van der Waals surface area contributed by atoms with Crippen molar-refractivity contribution in [3.05, 3.63) is 34.7 Å². The average molecular weight is 305 g/mol. The highest BCUT2D eigenvalue weighted by molar-refractivity contribution is 6.33. The monoisotopic (exact) mass is 304 g/mol. The molecule has 21 heavy (non-hydrogen) atoms. The van der Waals surface area contributed by atoms with Crippen LogP contribution < -0.4 is 0 Å². The first-order chi connectivity index (χ1) is 10.1. The lowest BCUT2D eigenvalue weighted by Crippen LogP contribution is -2.35. The Morgan fingerprint density at radius 3 is 2.81 bits per heavy atom. The average Bonchev–Trinajstić information content (AvgIpc) is 2.99. The zero-order valence-corrected chi connectivity index (χ0v) is 12.7. The van der Waals surface area contributed by atoms with Crippen LogP contribution in [-0.4, -0.2) is 39.1 Å². The van der Waals surface area contributed by atoms with E-state index in [9.17, 15) is 4.79 Å². The standard InChI is InChI=1S/C15H17ClN4O/c1-10-7-11(12(16)9-17-10)13-8-14(19-18-13)15(21)20-5-3-2-4-6-20/h7-9H,2-6H2,1H3,(H,18,19). The van der Waals surface area contributed by atoms with Crippen LogP contribution in [0.15, 0.2) is 18.3 Å². The lowest BCUT2D eigenvalue weighted by atomic mass is 10.1. The SMILES string of the molecule is Cc1cc(-c2cc(C(=O)N3CCCCC3)[nH]n2)c(Cl)cn1. The van der Waals surface area contributed by atoms with Crippen molar-refractivity contribution < 1.29 is 4.79 Å². The zero-order chi connectivity index (χ0) is 14.8. The number of aromatic amines is 1. The Morgan fingerprint density at radius 2 is 2.05 bits per heavy atom. The van der Waals surface area contributed by atoms with Crippen LogP contribution in [0.25, 0.3) is 11.3 Å². The molecule has 3 rings (SSSR count). The van der Waals surface area contributed by atoms with Crippen LogP contribution in [0.4, 0.5) is 0 Å². The van der Waals surface area contributed by atoms with E-state index < -0.39 is 0 Å². The first kappa shape index (κ1) is 14.1. The number of nitrogens with one attached hydrogen (secondary N) is 1. The van der Waals surface area contributed by atoms with Crippen LogP contribution in [0.2, 0.25) is 5.02 Å². The number of likely N-dealkylation sites (tertiary alicyclic amines) is 1. The first-order valence-corrected chi connectivity index (χ1v) is 7.50. The molecule has 110 valence electrons. The van der Waals surface area contributed by atoms with E-state index in [1.54, 1.807) is 12.3 Å². The minimum absolute atomic E-state index is 0.00958. The second kappa shape index (κ2) is 5.85. The second-order valence-electron chi connectivity index (χ2n) is 5.33. The van der Waals surface area contributed by atoms with E-state index in [0.717, 1.165) is 37.2 Å². The maximum atomic E-state index is 12.4. The van der Waals surface area contributed by atoms with Crippen LogP contribution in [-0.2, 0) is 0 Å². The van der Waals surface area contributed by atoms with Crippen molar-refractivity contribution in [2.24, 2.45) is 0 Å². The molecule has 3 heterocycles. The Kier molecular flexibility index (Phi) is 3.92. The van der Waals surface area contributed by atoms with Gasteiger partial charge in [-0.05, 0) is 38.3 Å².